The van der Waals surface area contributed by atoms with Gasteiger partial charge in [0.25, 0.3) is 0 Å². The van der Waals surface area contributed by atoms with Crippen LogP contribution in [0.15, 0.2) is 0 Å². The zero-order chi connectivity index (χ0) is 11.1. The van der Waals surface area contributed by atoms with E-state index >= 15 is 0 Å². The van der Waals surface area contributed by atoms with Crippen LogP contribution >= 0.6 is 0 Å². The first-order valence-electron chi connectivity index (χ1n) is 6.73. The fourth-order valence-corrected chi connectivity index (χ4v) is 2.46. The largest absolute Gasteiger partial charge is 0.327 e. The zero-order valence-electron chi connectivity index (χ0n) is 10.5. The summed E-state index contributed by atoms with van der Waals surface area (Å²) in [6.45, 7) is 6.97. The Labute approximate surface area is 95.2 Å². The third-order valence-electron chi connectivity index (χ3n) is 3.59. The molecular formula is C13H28N2. The minimum atomic E-state index is 0.394. The van der Waals surface area contributed by atoms with Crippen LogP contribution < -0.4 is 5.73 Å². The topological polar surface area (TPSA) is 29.3 Å². The van der Waals surface area contributed by atoms with Gasteiger partial charge in [-0.3, -0.25) is 4.90 Å². The van der Waals surface area contributed by atoms with E-state index in [1.165, 1.54) is 51.5 Å². The Morgan fingerprint density at radius 2 is 2.13 bits per heavy atom. The van der Waals surface area contributed by atoms with E-state index in [2.05, 4.69) is 18.7 Å². The Bertz CT molecular complexity index is 159. The lowest BCUT2D eigenvalue weighted by atomic mass is 10.1. The van der Waals surface area contributed by atoms with Crippen LogP contribution in [0.3, 0.4) is 0 Å². The van der Waals surface area contributed by atoms with Crippen molar-refractivity contribution in [2.24, 2.45) is 5.73 Å². The van der Waals surface area contributed by atoms with E-state index in [1.807, 2.05) is 0 Å². The predicted molar refractivity (Wildman–Crippen MR) is 67.0 cm³/mol. The Morgan fingerprint density at radius 1 is 1.33 bits per heavy atom. The molecule has 0 aliphatic carbocycles. The highest BCUT2D eigenvalue weighted by Gasteiger charge is 2.18. The molecule has 0 aromatic heterocycles. The molecule has 1 aliphatic heterocycles. The maximum absolute atomic E-state index is 6.16. The molecule has 2 atom stereocenters. The average molecular weight is 212 g/mol. The van der Waals surface area contributed by atoms with Crippen molar-refractivity contribution in [1.82, 2.24) is 4.90 Å². The maximum atomic E-state index is 6.16. The number of unbranched alkanes of at least 4 members (excludes halogenated alkanes) is 1. The molecule has 0 amide bonds. The summed E-state index contributed by atoms with van der Waals surface area (Å²) in [5, 5.41) is 0. The molecule has 2 heteroatoms. The second-order valence-corrected chi connectivity index (χ2v) is 5.10. The van der Waals surface area contributed by atoms with Crippen molar-refractivity contribution in [3.63, 3.8) is 0 Å². The van der Waals surface area contributed by atoms with Gasteiger partial charge in [0.15, 0.2) is 0 Å². The van der Waals surface area contributed by atoms with E-state index in [-0.39, 0.29) is 0 Å². The van der Waals surface area contributed by atoms with Crippen LogP contribution in [0.4, 0.5) is 0 Å². The Hall–Kier alpha value is -0.0800. The van der Waals surface area contributed by atoms with E-state index in [4.69, 9.17) is 5.73 Å². The molecule has 0 radical (unpaired) electrons. The fourth-order valence-electron chi connectivity index (χ4n) is 2.46. The van der Waals surface area contributed by atoms with Crippen LogP contribution in [0.1, 0.15) is 58.8 Å². The molecule has 15 heavy (non-hydrogen) atoms. The van der Waals surface area contributed by atoms with E-state index < -0.39 is 0 Å². The smallest absolute Gasteiger partial charge is 0.0167 e. The first-order valence-corrected chi connectivity index (χ1v) is 6.73. The predicted octanol–water partition coefficient (Wildman–Crippen LogP) is 2.77. The van der Waals surface area contributed by atoms with Gasteiger partial charge in [-0.2, -0.15) is 0 Å². The van der Waals surface area contributed by atoms with E-state index in [0.717, 1.165) is 12.6 Å². The summed E-state index contributed by atoms with van der Waals surface area (Å²) >= 11 is 0. The third-order valence-corrected chi connectivity index (χ3v) is 3.59. The molecule has 2 N–H and O–H groups in total. The normalized spacial score (nSPS) is 26.2. The summed E-state index contributed by atoms with van der Waals surface area (Å²) < 4.78 is 0. The van der Waals surface area contributed by atoms with Crippen molar-refractivity contribution in [2.45, 2.75) is 70.9 Å². The van der Waals surface area contributed by atoms with Crippen LogP contribution in [-0.2, 0) is 0 Å². The first kappa shape index (κ1) is 13.0. The molecule has 0 aromatic carbocycles. The van der Waals surface area contributed by atoms with Gasteiger partial charge in [-0.15, -0.1) is 0 Å². The number of nitrogens with two attached hydrogens (primary N) is 1. The number of nitrogens with zero attached hydrogens (tertiary/aromatic N) is 1. The summed E-state index contributed by atoms with van der Waals surface area (Å²) in [5.74, 6) is 0. The van der Waals surface area contributed by atoms with Crippen molar-refractivity contribution >= 4 is 0 Å². The quantitative estimate of drug-likeness (QED) is 0.759. The highest BCUT2D eigenvalue weighted by atomic mass is 15.2. The van der Waals surface area contributed by atoms with Gasteiger partial charge >= 0.3 is 0 Å². The van der Waals surface area contributed by atoms with Gasteiger partial charge in [0.2, 0.25) is 0 Å². The molecule has 1 saturated heterocycles. The molecule has 0 aromatic rings. The third kappa shape index (κ3) is 4.98. The number of likely N-dealkylation sites (tertiary alicyclic amines) is 1. The highest BCUT2D eigenvalue weighted by Crippen LogP contribution is 2.16. The summed E-state index contributed by atoms with van der Waals surface area (Å²) in [6, 6.07) is 1.14. The minimum Gasteiger partial charge on any atom is -0.327 e. The maximum Gasteiger partial charge on any atom is 0.0167 e. The van der Waals surface area contributed by atoms with Crippen molar-refractivity contribution in [3.8, 4) is 0 Å². The number of rotatable bonds is 5. The second-order valence-electron chi connectivity index (χ2n) is 5.10. The molecule has 1 rings (SSSR count). The first-order chi connectivity index (χ1) is 7.24. The van der Waals surface area contributed by atoms with E-state index in [0.29, 0.717) is 6.04 Å². The van der Waals surface area contributed by atoms with Crippen LogP contribution in [0.25, 0.3) is 0 Å². The minimum absolute atomic E-state index is 0.394. The van der Waals surface area contributed by atoms with Crippen LogP contribution in [0.2, 0.25) is 0 Å². The van der Waals surface area contributed by atoms with Gasteiger partial charge in [0.05, 0.1) is 0 Å². The van der Waals surface area contributed by atoms with Gasteiger partial charge in [0.1, 0.15) is 0 Å². The zero-order valence-corrected chi connectivity index (χ0v) is 10.5. The number of hydrogen-bond donors (Lipinski definition) is 1. The van der Waals surface area contributed by atoms with Crippen molar-refractivity contribution in [3.05, 3.63) is 0 Å². The lowest BCUT2D eigenvalue weighted by Crippen LogP contribution is -2.42. The SMILES string of the molecule is CCCCC(N)CN1CCCCCC1C. The average Bonchev–Trinajstić information content (AvgIpc) is 2.42. The highest BCUT2D eigenvalue weighted by molar-refractivity contribution is 4.75. The number of hydrogen-bond acceptors (Lipinski definition) is 2. The standard InChI is InChI=1S/C13H28N2/c1-3-4-9-13(14)11-15-10-7-5-6-8-12(15)2/h12-13H,3-11,14H2,1-2H3. The molecule has 1 aliphatic rings. The van der Waals surface area contributed by atoms with Gasteiger partial charge in [-0.25, -0.2) is 0 Å². The molecule has 2 nitrogen and oxygen atoms in total. The summed E-state index contributed by atoms with van der Waals surface area (Å²) in [5.41, 5.74) is 6.16. The Balaban J connectivity index is 2.27. The van der Waals surface area contributed by atoms with Crippen molar-refractivity contribution < 1.29 is 0 Å². The van der Waals surface area contributed by atoms with Gasteiger partial charge in [-0.05, 0) is 32.7 Å². The molecule has 0 saturated carbocycles. The summed E-state index contributed by atoms with van der Waals surface area (Å²) in [6.07, 6.45) is 9.28. The summed E-state index contributed by atoms with van der Waals surface area (Å²) in [7, 11) is 0. The van der Waals surface area contributed by atoms with E-state index in [9.17, 15) is 0 Å². The van der Waals surface area contributed by atoms with Crippen LogP contribution in [0, 0.1) is 0 Å². The monoisotopic (exact) mass is 212 g/mol. The fraction of sp³-hybridized carbons (Fsp3) is 1.00. The molecule has 0 spiro atoms. The van der Waals surface area contributed by atoms with Crippen LogP contribution in [-0.4, -0.2) is 30.1 Å². The molecule has 1 fully saturated rings. The van der Waals surface area contributed by atoms with Crippen LogP contribution in [0.5, 0.6) is 0 Å². The second kappa shape index (κ2) is 7.24. The van der Waals surface area contributed by atoms with E-state index in [1.54, 1.807) is 0 Å². The van der Waals surface area contributed by atoms with Crippen molar-refractivity contribution in [2.75, 3.05) is 13.1 Å². The molecule has 90 valence electrons. The van der Waals surface area contributed by atoms with Gasteiger partial charge < -0.3 is 5.73 Å². The van der Waals surface area contributed by atoms with Crippen molar-refractivity contribution in [1.29, 1.82) is 0 Å². The summed E-state index contributed by atoms with van der Waals surface area (Å²) in [4.78, 5) is 2.60. The molecule has 2 unspecified atom stereocenters. The lowest BCUT2D eigenvalue weighted by Gasteiger charge is -2.29. The Morgan fingerprint density at radius 3 is 2.87 bits per heavy atom. The van der Waals surface area contributed by atoms with Gasteiger partial charge in [-0.1, -0.05) is 32.6 Å². The lowest BCUT2D eigenvalue weighted by molar-refractivity contribution is 0.197. The molecule has 0 bridgehead atoms. The Kier molecular flexibility index (Phi) is 6.26. The van der Waals surface area contributed by atoms with Gasteiger partial charge in [0, 0.05) is 18.6 Å². The molecular weight excluding hydrogens is 184 g/mol. The molecule has 1 heterocycles.